The molecule has 10 heteroatoms. The lowest BCUT2D eigenvalue weighted by Crippen LogP contribution is -2.49. The van der Waals surface area contributed by atoms with Gasteiger partial charge in [-0.25, -0.2) is 18.4 Å². The Morgan fingerprint density at radius 2 is 1.65 bits per heavy atom. The Kier molecular flexibility index (Phi) is 6.06. The summed E-state index contributed by atoms with van der Waals surface area (Å²) in [5.74, 6) is 0.420. The highest BCUT2D eigenvalue weighted by molar-refractivity contribution is 7.92. The van der Waals surface area contributed by atoms with Crippen molar-refractivity contribution in [2.24, 2.45) is 0 Å². The summed E-state index contributed by atoms with van der Waals surface area (Å²) in [5.41, 5.74) is 0.668. The molecule has 1 fully saturated rings. The van der Waals surface area contributed by atoms with Gasteiger partial charge in [0.2, 0.25) is 5.95 Å². The number of nitrogens with zero attached hydrogens (tertiary/aromatic N) is 4. The van der Waals surface area contributed by atoms with E-state index in [2.05, 4.69) is 14.7 Å². The number of hydrogen-bond donors (Lipinski definition) is 1. The summed E-state index contributed by atoms with van der Waals surface area (Å²) in [6, 6.07) is 14.2. The van der Waals surface area contributed by atoms with Gasteiger partial charge in [0.25, 0.3) is 15.9 Å². The van der Waals surface area contributed by atoms with Crippen LogP contribution in [-0.4, -0.2) is 55.4 Å². The van der Waals surface area contributed by atoms with E-state index in [-0.39, 0.29) is 10.8 Å². The smallest absolute Gasteiger partial charge is 0.261 e. The Balaban J connectivity index is 1.46. The fraction of sp³-hybridized carbons (Fsp3) is 0.190. The molecule has 1 aromatic heterocycles. The predicted octanol–water partition coefficient (Wildman–Crippen LogP) is 2.89. The average molecular weight is 458 g/mol. The van der Waals surface area contributed by atoms with E-state index in [1.165, 1.54) is 18.2 Å². The Morgan fingerprint density at radius 1 is 0.935 bits per heavy atom. The number of hydrogen-bond acceptors (Lipinski definition) is 6. The molecule has 8 nitrogen and oxygen atoms in total. The quantitative estimate of drug-likeness (QED) is 0.633. The van der Waals surface area contributed by atoms with Crippen molar-refractivity contribution in [3.63, 3.8) is 0 Å². The number of amides is 1. The lowest BCUT2D eigenvalue weighted by molar-refractivity contribution is 0.0746. The first kappa shape index (κ1) is 21.1. The molecule has 0 aliphatic carbocycles. The molecule has 160 valence electrons. The van der Waals surface area contributed by atoms with Gasteiger partial charge in [-0.05, 0) is 42.5 Å². The van der Waals surface area contributed by atoms with Crippen molar-refractivity contribution < 1.29 is 13.2 Å². The second kappa shape index (κ2) is 8.91. The number of piperazine rings is 1. The third-order valence-corrected chi connectivity index (χ3v) is 6.48. The highest BCUT2D eigenvalue weighted by Gasteiger charge is 2.24. The summed E-state index contributed by atoms with van der Waals surface area (Å²) in [6.45, 7) is 2.19. The van der Waals surface area contributed by atoms with Gasteiger partial charge in [0.1, 0.15) is 0 Å². The molecule has 0 unspecified atom stereocenters. The summed E-state index contributed by atoms with van der Waals surface area (Å²) >= 11 is 5.93. The van der Waals surface area contributed by atoms with Crippen molar-refractivity contribution in [2.75, 3.05) is 35.8 Å². The number of carbonyl (C=O) groups excluding carboxylic acids is 1. The highest BCUT2D eigenvalue weighted by Crippen LogP contribution is 2.21. The molecule has 3 aromatic rings. The van der Waals surface area contributed by atoms with Gasteiger partial charge in [-0.3, -0.25) is 9.52 Å². The lowest BCUT2D eigenvalue weighted by Gasteiger charge is -2.34. The van der Waals surface area contributed by atoms with E-state index in [0.717, 1.165) is 0 Å². The molecule has 2 aromatic carbocycles. The van der Waals surface area contributed by atoms with Crippen LogP contribution in [0.25, 0.3) is 0 Å². The summed E-state index contributed by atoms with van der Waals surface area (Å²) < 4.78 is 28.0. The van der Waals surface area contributed by atoms with Crippen molar-refractivity contribution in [3.05, 3.63) is 77.6 Å². The fourth-order valence-corrected chi connectivity index (χ4v) is 4.59. The number of nitrogens with one attached hydrogen (secondary N) is 1. The molecule has 1 saturated heterocycles. The first-order chi connectivity index (χ1) is 14.9. The second-order valence-electron chi connectivity index (χ2n) is 6.97. The van der Waals surface area contributed by atoms with Crippen molar-refractivity contribution in [3.8, 4) is 0 Å². The molecule has 31 heavy (non-hydrogen) atoms. The number of benzene rings is 2. The first-order valence-corrected chi connectivity index (χ1v) is 11.5. The Labute approximate surface area is 185 Å². The van der Waals surface area contributed by atoms with E-state index in [1.54, 1.807) is 53.7 Å². The van der Waals surface area contributed by atoms with Crippen molar-refractivity contribution in [1.82, 2.24) is 14.9 Å². The highest BCUT2D eigenvalue weighted by atomic mass is 35.5. The minimum atomic E-state index is -3.87. The monoisotopic (exact) mass is 457 g/mol. The van der Waals surface area contributed by atoms with Gasteiger partial charge < -0.3 is 9.80 Å². The van der Waals surface area contributed by atoms with Crippen molar-refractivity contribution in [2.45, 2.75) is 4.90 Å². The maximum absolute atomic E-state index is 13.0. The zero-order valence-corrected chi connectivity index (χ0v) is 18.1. The maximum atomic E-state index is 13.0. The van der Waals surface area contributed by atoms with Crippen LogP contribution in [0.3, 0.4) is 0 Å². The molecule has 1 N–H and O–H groups in total. The van der Waals surface area contributed by atoms with E-state index in [1.807, 2.05) is 4.90 Å². The average Bonchev–Trinajstić information content (AvgIpc) is 2.79. The molecular weight excluding hydrogens is 438 g/mol. The Bertz CT molecular complexity index is 1180. The number of carbonyl (C=O) groups is 1. The minimum Gasteiger partial charge on any atom is -0.337 e. The zero-order chi connectivity index (χ0) is 21.8. The van der Waals surface area contributed by atoms with E-state index < -0.39 is 10.0 Å². The van der Waals surface area contributed by atoms with Crippen LogP contribution < -0.4 is 9.62 Å². The molecule has 1 amide bonds. The van der Waals surface area contributed by atoms with Crippen LogP contribution in [0.15, 0.2) is 71.9 Å². The molecular formula is C21H20ClN5O3S. The second-order valence-corrected chi connectivity index (χ2v) is 9.09. The van der Waals surface area contributed by atoms with Crippen LogP contribution in [0.4, 0.5) is 11.6 Å². The molecule has 2 heterocycles. The maximum Gasteiger partial charge on any atom is 0.261 e. The van der Waals surface area contributed by atoms with E-state index in [9.17, 15) is 13.2 Å². The van der Waals surface area contributed by atoms with Crippen LogP contribution in [0.5, 0.6) is 0 Å². The molecule has 1 aliphatic rings. The number of anilines is 2. The van der Waals surface area contributed by atoms with E-state index in [4.69, 9.17) is 11.6 Å². The third kappa shape index (κ3) is 4.95. The van der Waals surface area contributed by atoms with Crippen LogP contribution in [0.1, 0.15) is 10.4 Å². The molecule has 0 bridgehead atoms. The summed E-state index contributed by atoms with van der Waals surface area (Å²) in [4.78, 5) is 25.2. The van der Waals surface area contributed by atoms with Crippen LogP contribution >= 0.6 is 11.6 Å². The summed E-state index contributed by atoms with van der Waals surface area (Å²) in [5, 5.41) is 0.421. The number of halogens is 1. The van der Waals surface area contributed by atoms with E-state index in [0.29, 0.717) is 48.4 Å². The van der Waals surface area contributed by atoms with Crippen LogP contribution in [-0.2, 0) is 10.0 Å². The van der Waals surface area contributed by atoms with Gasteiger partial charge in [-0.15, -0.1) is 0 Å². The van der Waals surface area contributed by atoms with Gasteiger partial charge in [-0.1, -0.05) is 23.7 Å². The summed E-state index contributed by atoms with van der Waals surface area (Å²) in [6.07, 6.45) is 3.37. The Morgan fingerprint density at radius 3 is 2.35 bits per heavy atom. The molecule has 1 aliphatic heterocycles. The predicted molar refractivity (Wildman–Crippen MR) is 119 cm³/mol. The van der Waals surface area contributed by atoms with Gasteiger partial charge in [0.15, 0.2) is 0 Å². The summed E-state index contributed by atoms with van der Waals surface area (Å²) in [7, 11) is -3.87. The normalized spacial score (nSPS) is 14.4. The van der Waals surface area contributed by atoms with Crippen molar-refractivity contribution in [1.29, 1.82) is 0 Å². The topological polar surface area (TPSA) is 95.5 Å². The standard InChI is InChI=1S/C21H20ClN5O3S/c22-17-5-2-6-18(15-17)25-31(29,30)19-7-1-4-16(14-19)20(28)26-10-12-27(13-11-26)21-23-8-3-9-24-21/h1-9,14-15,25H,10-13H2. The van der Waals surface area contributed by atoms with Gasteiger partial charge >= 0.3 is 0 Å². The van der Waals surface area contributed by atoms with Crippen molar-refractivity contribution >= 4 is 39.2 Å². The van der Waals surface area contributed by atoms with Crippen LogP contribution in [0.2, 0.25) is 5.02 Å². The molecule has 0 saturated carbocycles. The van der Waals surface area contributed by atoms with Gasteiger partial charge in [0, 0.05) is 49.2 Å². The SMILES string of the molecule is O=C(c1cccc(S(=O)(=O)Nc2cccc(Cl)c2)c1)N1CCN(c2ncccn2)CC1. The first-order valence-electron chi connectivity index (χ1n) is 9.62. The zero-order valence-electron chi connectivity index (χ0n) is 16.5. The fourth-order valence-electron chi connectivity index (χ4n) is 3.31. The largest absolute Gasteiger partial charge is 0.337 e. The lowest BCUT2D eigenvalue weighted by atomic mass is 10.2. The van der Waals surface area contributed by atoms with Gasteiger partial charge in [0.05, 0.1) is 10.6 Å². The molecule has 0 atom stereocenters. The molecule has 0 radical (unpaired) electrons. The minimum absolute atomic E-state index is 0.00893. The third-order valence-electron chi connectivity index (χ3n) is 4.87. The van der Waals surface area contributed by atoms with Crippen LogP contribution in [0, 0.1) is 0 Å². The number of sulfonamides is 1. The van der Waals surface area contributed by atoms with E-state index >= 15 is 0 Å². The molecule has 4 rings (SSSR count). The van der Waals surface area contributed by atoms with Gasteiger partial charge in [-0.2, -0.15) is 0 Å². The Hall–Kier alpha value is -3.17. The number of rotatable bonds is 5. The number of aromatic nitrogens is 2. The molecule has 0 spiro atoms.